The van der Waals surface area contributed by atoms with Gasteiger partial charge in [0.25, 0.3) is 0 Å². The van der Waals surface area contributed by atoms with Gasteiger partial charge in [-0.15, -0.1) is 0 Å². The average molecular weight is 229 g/mol. The van der Waals surface area contributed by atoms with E-state index in [0.29, 0.717) is 11.7 Å². The van der Waals surface area contributed by atoms with Crippen molar-refractivity contribution in [1.82, 2.24) is 9.78 Å². The van der Waals surface area contributed by atoms with Gasteiger partial charge in [-0.25, -0.2) is 0 Å². The molecule has 2 rings (SSSR count). The Morgan fingerprint density at radius 3 is 2.60 bits per heavy atom. The molecule has 0 aromatic carbocycles. The van der Waals surface area contributed by atoms with E-state index in [4.69, 9.17) is 0 Å². The highest BCUT2D eigenvalue weighted by Gasteiger charge is 2.22. The molecule has 0 spiro atoms. The van der Waals surface area contributed by atoms with E-state index < -0.39 is 0 Å². The molecule has 1 aromatic heterocycles. The van der Waals surface area contributed by atoms with E-state index in [9.17, 15) is 10.1 Å². The molecule has 84 valence electrons. The van der Waals surface area contributed by atoms with Gasteiger partial charge in [0.2, 0.25) is 0 Å². The van der Waals surface area contributed by atoms with Crippen LogP contribution in [0.25, 0.3) is 0 Å². The van der Waals surface area contributed by atoms with Crippen LogP contribution in [0.3, 0.4) is 0 Å². The molecule has 1 aromatic rings. The van der Waals surface area contributed by atoms with Crippen LogP contribution in [0.1, 0.15) is 37.4 Å². The fourth-order valence-corrected chi connectivity index (χ4v) is 2.01. The summed E-state index contributed by atoms with van der Waals surface area (Å²) in [6, 6.07) is 0.377. The van der Waals surface area contributed by atoms with Crippen molar-refractivity contribution in [3.63, 3.8) is 0 Å². The molecular weight excluding hydrogens is 214 g/mol. The van der Waals surface area contributed by atoms with Crippen LogP contribution in [-0.4, -0.2) is 14.7 Å². The molecule has 15 heavy (non-hydrogen) atoms. The number of hydrogen-bond acceptors (Lipinski definition) is 3. The molecule has 0 atom stereocenters. The van der Waals surface area contributed by atoms with Gasteiger partial charge in [0, 0.05) is 0 Å². The molecule has 1 aliphatic rings. The third-order valence-electron chi connectivity index (χ3n) is 2.79. The molecule has 0 saturated heterocycles. The smallest absolute Gasteiger partial charge is 0.262 e. The summed E-state index contributed by atoms with van der Waals surface area (Å²) in [4.78, 5) is 10.2. The fraction of sp³-hybridized carbons (Fsp3) is 0.667. The van der Waals surface area contributed by atoms with E-state index in [1.54, 1.807) is 17.8 Å². The summed E-state index contributed by atoms with van der Waals surface area (Å²) < 4.78 is 1.76. The van der Waals surface area contributed by atoms with E-state index in [1.807, 2.05) is 0 Å². The van der Waals surface area contributed by atoms with Gasteiger partial charge in [-0.3, -0.25) is 14.8 Å². The minimum Gasteiger partial charge on any atom is -0.262 e. The molecule has 5 nitrogen and oxygen atoms in total. The molecule has 0 bridgehead atoms. The zero-order valence-corrected chi connectivity index (χ0v) is 9.64. The van der Waals surface area contributed by atoms with Gasteiger partial charge in [-0.1, -0.05) is 12.8 Å². The van der Waals surface area contributed by atoms with Crippen molar-refractivity contribution in [2.24, 2.45) is 0 Å². The fourth-order valence-electron chi connectivity index (χ4n) is 2.01. The van der Waals surface area contributed by atoms with Crippen LogP contribution in [0.5, 0.6) is 0 Å². The Morgan fingerprint density at radius 1 is 1.53 bits per heavy atom. The lowest BCUT2D eigenvalue weighted by Gasteiger charge is -2.07. The van der Waals surface area contributed by atoms with Crippen molar-refractivity contribution >= 4 is 19.2 Å². The summed E-state index contributed by atoms with van der Waals surface area (Å²) >= 11 is 0. The van der Waals surface area contributed by atoms with Crippen molar-refractivity contribution in [3.8, 4) is 0 Å². The minimum atomic E-state index is -0.367. The molecule has 0 aliphatic heterocycles. The Labute approximate surface area is 95.1 Å². The second-order valence-electron chi connectivity index (χ2n) is 3.78. The lowest BCUT2D eigenvalue weighted by Crippen LogP contribution is -2.04. The monoisotopic (exact) mass is 229 g/mol. The van der Waals surface area contributed by atoms with Gasteiger partial charge in [0.15, 0.2) is 0 Å². The molecule has 0 amide bonds. The Balaban J connectivity index is 0.00000112. The Kier molecular flexibility index (Phi) is 3.73. The van der Waals surface area contributed by atoms with Crippen LogP contribution in [0.15, 0.2) is 6.20 Å². The van der Waals surface area contributed by atoms with Crippen molar-refractivity contribution in [1.29, 1.82) is 0 Å². The van der Waals surface area contributed by atoms with E-state index in [-0.39, 0.29) is 24.1 Å². The largest absolute Gasteiger partial charge is 0.309 e. The summed E-state index contributed by atoms with van der Waals surface area (Å²) in [5, 5.41) is 14.8. The maximum Gasteiger partial charge on any atom is 0.309 e. The summed E-state index contributed by atoms with van der Waals surface area (Å²) in [5.74, 6) is 0. The van der Waals surface area contributed by atoms with Crippen LogP contribution in [0.4, 0.5) is 5.69 Å². The van der Waals surface area contributed by atoms with Crippen LogP contribution in [0.2, 0.25) is 0 Å². The van der Waals surface area contributed by atoms with Crippen molar-refractivity contribution in [3.05, 3.63) is 22.0 Å². The number of aryl methyl sites for hydroxylation is 1. The summed E-state index contributed by atoms with van der Waals surface area (Å²) in [5.41, 5.74) is 0.652. The summed E-state index contributed by atoms with van der Waals surface area (Å²) in [6.07, 6.45) is 6.16. The van der Waals surface area contributed by atoms with Crippen LogP contribution in [-0.2, 0) is 0 Å². The predicted molar refractivity (Wildman–Crippen MR) is 61.5 cm³/mol. The standard InChI is InChI=1S/C9H13N3O2.H2S/c1-7-9(12(13)14)6-11(10-7)8-4-2-3-5-8;/h6,8H,2-5H2,1H3;1H2. The first-order valence-corrected chi connectivity index (χ1v) is 4.88. The van der Waals surface area contributed by atoms with Gasteiger partial charge in [0.1, 0.15) is 11.9 Å². The first kappa shape index (κ1) is 12.0. The predicted octanol–water partition coefficient (Wildman–Crippen LogP) is 2.33. The maximum atomic E-state index is 10.6. The van der Waals surface area contributed by atoms with Crippen LogP contribution >= 0.6 is 13.5 Å². The van der Waals surface area contributed by atoms with Gasteiger partial charge >= 0.3 is 5.69 Å². The second kappa shape index (κ2) is 4.65. The zero-order chi connectivity index (χ0) is 10.1. The SMILES string of the molecule is Cc1nn(C2CCCC2)cc1[N+](=O)[O-].S. The molecule has 0 N–H and O–H groups in total. The maximum absolute atomic E-state index is 10.6. The normalized spacial score (nSPS) is 16.3. The first-order valence-electron chi connectivity index (χ1n) is 4.88. The molecular formula is C9H15N3O2S. The van der Waals surface area contributed by atoms with E-state index in [0.717, 1.165) is 12.8 Å². The van der Waals surface area contributed by atoms with E-state index in [2.05, 4.69) is 5.10 Å². The highest BCUT2D eigenvalue weighted by molar-refractivity contribution is 7.59. The first-order chi connectivity index (χ1) is 6.68. The van der Waals surface area contributed by atoms with Crippen molar-refractivity contribution < 1.29 is 4.92 Å². The molecule has 0 radical (unpaired) electrons. The van der Waals surface area contributed by atoms with E-state index in [1.165, 1.54) is 12.8 Å². The highest BCUT2D eigenvalue weighted by Crippen LogP contribution is 2.30. The van der Waals surface area contributed by atoms with Crippen LogP contribution < -0.4 is 0 Å². The molecule has 1 fully saturated rings. The Hall–Kier alpha value is -1.04. The Bertz CT molecular complexity index is 358. The molecule has 1 saturated carbocycles. The highest BCUT2D eigenvalue weighted by atomic mass is 32.1. The zero-order valence-electron chi connectivity index (χ0n) is 8.64. The molecule has 0 unspecified atom stereocenters. The number of hydrogen-bond donors (Lipinski definition) is 0. The molecule has 1 aliphatic carbocycles. The topological polar surface area (TPSA) is 61.0 Å². The number of nitro groups is 1. The number of nitrogens with zero attached hydrogens (tertiary/aromatic N) is 3. The quantitative estimate of drug-likeness (QED) is 0.577. The summed E-state index contributed by atoms with van der Waals surface area (Å²) in [7, 11) is 0. The van der Waals surface area contributed by atoms with E-state index >= 15 is 0 Å². The van der Waals surface area contributed by atoms with Crippen LogP contribution in [0, 0.1) is 17.0 Å². The molecule has 6 heteroatoms. The number of aromatic nitrogens is 2. The van der Waals surface area contributed by atoms with Gasteiger partial charge in [-0.05, 0) is 19.8 Å². The second-order valence-corrected chi connectivity index (χ2v) is 3.78. The minimum absolute atomic E-state index is 0. The van der Waals surface area contributed by atoms with Crippen molar-refractivity contribution in [2.45, 2.75) is 38.6 Å². The third kappa shape index (κ3) is 2.31. The van der Waals surface area contributed by atoms with Crippen molar-refractivity contribution in [2.75, 3.05) is 0 Å². The third-order valence-corrected chi connectivity index (χ3v) is 2.79. The lowest BCUT2D eigenvalue weighted by molar-refractivity contribution is -0.385. The number of rotatable bonds is 2. The van der Waals surface area contributed by atoms with Gasteiger partial charge in [-0.2, -0.15) is 18.6 Å². The van der Waals surface area contributed by atoms with Gasteiger partial charge in [0.05, 0.1) is 11.0 Å². The lowest BCUT2D eigenvalue weighted by atomic mass is 10.3. The Morgan fingerprint density at radius 2 is 2.13 bits per heavy atom. The van der Waals surface area contributed by atoms with Gasteiger partial charge < -0.3 is 0 Å². The average Bonchev–Trinajstić information content (AvgIpc) is 2.70. The summed E-state index contributed by atoms with van der Waals surface area (Å²) in [6.45, 7) is 1.68. The molecule has 1 heterocycles.